The third kappa shape index (κ3) is 3.43. The van der Waals surface area contributed by atoms with Gasteiger partial charge in [-0.25, -0.2) is 4.68 Å². The number of hydrogen-bond acceptors (Lipinski definition) is 4. The van der Waals surface area contributed by atoms with Crippen LogP contribution in [0, 0.1) is 0 Å². The number of phenols is 1. The number of amides is 1. The zero-order chi connectivity index (χ0) is 18.1. The van der Waals surface area contributed by atoms with Crippen LogP contribution >= 0.6 is 23.4 Å². The van der Waals surface area contributed by atoms with Crippen molar-refractivity contribution in [3.63, 3.8) is 0 Å². The van der Waals surface area contributed by atoms with Crippen molar-refractivity contribution < 1.29 is 9.90 Å². The smallest absolute Gasteiger partial charge is 0.235 e. The number of nitrogens with zero attached hydrogens (tertiary/aromatic N) is 2. The Kier molecular flexibility index (Phi) is 4.61. The highest BCUT2D eigenvalue weighted by atomic mass is 35.5. The first-order valence-electron chi connectivity index (χ1n) is 8.10. The minimum absolute atomic E-state index is 0.0586. The first-order valence-corrected chi connectivity index (χ1v) is 9.53. The van der Waals surface area contributed by atoms with Crippen molar-refractivity contribution in [2.75, 3.05) is 11.1 Å². The summed E-state index contributed by atoms with van der Waals surface area (Å²) >= 11 is 7.47. The molecule has 0 unspecified atom stereocenters. The van der Waals surface area contributed by atoms with Gasteiger partial charge in [-0.1, -0.05) is 35.9 Å². The molecule has 2 heterocycles. The lowest BCUT2D eigenvalue weighted by Gasteiger charge is -2.14. The van der Waals surface area contributed by atoms with Crippen molar-refractivity contribution in [3.8, 4) is 5.75 Å². The van der Waals surface area contributed by atoms with Gasteiger partial charge in [-0.05, 0) is 35.4 Å². The Bertz CT molecular complexity index is 956. The highest BCUT2D eigenvalue weighted by Crippen LogP contribution is 2.42. The van der Waals surface area contributed by atoms with Crippen molar-refractivity contribution in [2.24, 2.45) is 0 Å². The van der Waals surface area contributed by atoms with Gasteiger partial charge < -0.3 is 10.4 Å². The van der Waals surface area contributed by atoms with Crippen LogP contribution < -0.4 is 5.32 Å². The number of phenolic OH excluding ortho intramolecular Hbond substituents is 1. The fraction of sp³-hybridized carbons (Fsp3) is 0.158. The fourth-order valence-corrected chi connectivity index (χ4v) is 4.20. The number of aromatic hydroxyl groups is 1. The van der Waals surface area contributed by atoms with Crippen LogP contribution in [0.3, 0.4) is 0 Å². The number of thioether (sulfide) groups is 1. The Morgan fingerprint density at radius 2 is 2.08 bits per heavy atom. The quantitative estimate of drug-likeness (QED) is 0.713. The molecule has 0 fully saturated rings. The highest BCUT2D eigenvalue weighted by molar-refractivity contribution is 8.00. The monoisotopic (exact) mass is 385 g/mol. The Morgan fingerprint density at radius 3 is 2.85 bits per heavy atom. The van der Waals surface area contributed by atoms with Gasteiger partial charge in [0.05, 0.1) is 23.7 Å². The third-order valence-corrected chi connectivity index (χ3v) is 5.75. The zero-order valence-corrected chi connectivity index (χ0v) is 15.3. The van der Waals surface area contributed by atoms with Gasteiger partial charge in [0.1, 0.15) is 11.6 Å². The number of halogens is 1. The number of carbonyl (C=O) groups excluding carboxylic acids is 1. The molecule has 1 atom stereocenters. The molecule has 7 heteroatoms. The highest BCUT2D eigenvalue weighted by Gasteiger charge is 2.27. The number of carbonyl (C=O) groups is 1. The molecule has 2 N–H and O–H groups in total. The van der Waals surface area contributed by atoms with Crippen molar-refractivity contribution in [1.29, 1.82) is 0 Å². The standard InChI is InChI=1S/C19H16ClN3O2S/c20-14-6-4-12(5-7-14)10-23-19-16(9-21-23)18(26-11-17(25)22-19)13-2-1-3-15(24)8-13/h1-9,18,24H,10-11H2,(H,22,25)/t18-/m1/s1. The molecule has 1 aliphatic rings. The van der Waals surface area contributed by atoms with E-state index in [1.165, 1.54) is 11.8 Å². The molecular weight excluding hydrogens is 370 g/mol. The second-order valence-corrected chi connectivity index (χ2v) is 7.60. The van der Waals surface area contributed by atoms with E-state index in [0.717, 1.165) is 16.7 Å². The Hall–Kier alpha value is -2.44. The molecule has 0 saturated carbocycles. The molecule has 0 radical (unpaired) electrons. The maximum Gasteiger partial charge on any atom is 0.235 e. The molecule has 0 spiro atoms. The van der Waals surface area contributed by atoms with E-state index < -0.39 is 0 Å². The largest absolute Gasteiger partial charge is 0.508 e. The van der Waals surface area contributed by atoms with Crippen LogP contribution in [0.15, 0.2) is 54.7 Å². The van der Waals surface area contributed by atoms with Crippen LogP contribution in [0.25, 0.3) is 0 Å². The van der Waals surface area contributed by atoms with Crippen LogP contribution in [0.5, 0.6) is 5.75 Å². The number of aromatic nitrogens is 2. The molecule has 26 heavy (non-hydrogen) atoms. The second kappa shape index (κ2) is 7.05. The normalized spacial score (nSPS) is 16.7. The lowest BCUT2D eigenvalue weighted by atomic mass is 10.1. The van der Waals surface area contributed by atoms with Crippen LogP contribution in [0.4, 0.5) is 5.82 Å². The van der Waals surface area contributed by atoms with Gasteiger partial charge >= 0.3 is 0 Å². The predicted octanol–water partition coefficient (Wildman–Crippen LogP) is 4.07. The molecule has 0 saturated heterocycles. The Labute approximate surface area is 160 Å². The van der Waals surface area contributed by atoms with Gasteiger partial charge in [0.15, 0.2) is 0 Å². The van der Waals surface area contributed by atoms with Crippen molar-refractivity contribution in [2.45, 2.75) is 11.8 Å². The summed E-state index contributed by atoms with van der Waals surface area (Å²) in [5.41, 5.74) is 2.92. The van der Waals surface area contributed by atoms with Gasteiger partial charge in [-0.2, -0.15) is 5.10 Å². The number of fused-ring (bicyclic) bond motifs is 1. The molecule has 4 rings (SSSR count). The third-order valence-electron chi connectivity index (χ3n) is 4.21. The first kappa shape index (κ1) is 17.0. The molecule has 0 bridgehead atoms. The van der Waals surface area contributed by atoms with Crippen LogP contribution in [-0.2, 0) is 11.3 Å². The van der Waals surface area contributed by atoms with Crippen molar-refractivity contribution in [1.82, 2.24) is 9.78 Å². The summed E-state index contributed by atoms with van der Waals surface area (Å²) in [4.78, 5) is 12.2. The molecule has 1 amide bonds. The van der Waals surface area contributed by atoms with Crippen molar-refractivity contribution >= 4 is 35.1 Å². The molecular formula is C19H16ClN3O2S. The molecule has 3 aromatic rings. The maximum atomic E-state index is 12.2. The van der Waals surface area contributed by atoms with E-state index in [1.807, 2.05) is 36.4 Å². The maximum absolute atomic E-state index is 12.2. The SMILES string of the molecule is O=C1CS[C@H](c2cccc(O)c2)c2cnn(Cc3ccc(Cl)cc3)c2N1. The van der Waals surface area contributed by atoms with Crippen LogP contribution in [-0.4, -0.2) is 26.5 Å². The molecule has 132 valence electrons. The van der Waals surface area contributed by atoms with E-state index in [4.69, 9.17) is 11.6 Å². The summed E-state index contributed by atoms with van der Waals surface area (Å²) in [7, 11) is 0. The van der Waals surface area contributed by atoms with Gasteiger partial charge in [0.25, 0.3) is 0 Å². The first-order chi connectivity index (χ1) is 12.6. The lowest BCUT2D eigenvalue weighted by Crippen LogP contribution is -2.16. The van der Waals surface area contributed by atoms with E-state index in [9.17, 15) is 9.90 Å². The molecule has 5 nitrogen and oxygen atoms in total. The topological polar surface area (TPSA) is 67.1 Å². The number of hydrogen-bond donors (Lipinski definition) is 2. The minimum Gasteiger partial charge on any atom is -0.508 e. The molecule has 1 aliphatic heterocycles. The second-order valence-electron chi connectivity index (χ2n) is 6.07. The van der Waals surface area contributed by atoms with Gasteiger partial charge in [0.2, 0.25) is 5.91 Å². The summed E-state index contributed by atoms with van der Waals surface area (Å²) in [6.45, 7) is 0.532. The average Bonchev–Trinajstić information content (AvgIpc) is 2.91. The minimum atomic E-state index is -0.0741. The van der Waals surface area contributed by atoms with Gasteiger partial charge in [-0.15, -0.1) is 11.8 Å². The average molecular weight is 386 g/mol. The molecule has 0 aliphatic carbocycles. The Balaban J connectivity index is 1.72. The molecule has 2 aromatic carbocycles. The number of rotatable bonds is 3. The van der Waals surface area contributed by atoms with Crippen LogP contribution in [0.1, 0.15) is 21.9 Å². The summed E-state index contributed by atoms with van der Waals surface area (Å²) in [6.07, 6.45) is 1.79. The van der Waals surface area contributed by atoms with Crippen molar-refractivity contribution in [3.05, 3.63) is 76.4 Å². The lowest BCUT2D eigenvalue weighted by molar-refractivity contribution is -0.113. The van der Waals surface area contributed by atoms with Gasteiger partial charge in [0, 0.05) is 10.6 Å². The number of benzene rings is 2. The molecule has 1 aromatic heterocycles. The predicted molar refractivity (Wildman–Crippen MR) is 104 cm³/mol. The van der Waals surface area contributed by atoms with E-state index in [0.29, 0.717) is 23.1 Å². The fourth-order valence-electron chi connectivity index (χ4n) is 2.99. The van der Waals surface area contributed by atoms with E-state index in [-0.39, 0.29) is 16.9 Å². The summed E-state index contributed by atoms with van der Waals surface area (Å²) in [6, 6.07) is 14.7. The summed E-state index contributed by atoms with van der Waals surface area (Å²) in [5.74, 6) is 1.19. The number of anilines is 1. The van der Waals surface area contributed by atoms with Crippen LogP contribution in [0.2, 0.25) is 5.02 Å². The summed E-state index contributed by atoms with van der Waals surface area (Å²) in [5, 5.41) is 17.9. The Morgan fingerprint density at radius 1 is 1.27 bits per heavy atom. The van der Waals surface area contributed by atoms with E-state index >= 15 is 0 Å². The van der Waals surface area contributed by atoms with Gasteiger partial charge in [-0.3, -0.25) is 4.79 Å². The number of nitrogens with one attached hydrogen (secondary N) is 1. The summed E-state index contributed by atoms with van der Waals surface area (Å²) < 4.78 is 1.79. The van der Waals surface area contributed by atoms with E-state index in [1.54, 1.807) is 23.0 Å². The van der Waals surface area contributed by atoms with E-state index in [2.05, 4.69) is 10.4 Å². The zero-order valence-electron chi connectivity index (χ0n) is 13.7.